The highest BCUT2D eigenvalue weighted by molar-refractivity contribution is 6.04. The molecule has 0 aliphatic carbocycles. The molecule has 1 heterocycles. The van der Waals surface area contributed by atoms with Gasteiger partial charge in [0.1, 0.15) is 12.6 Å². The van der Waals surface area contributed by atoms with Gasteiger partial charge in [0.05, 0.1) is 6.54 Å². The van der Waals surface area contributed by atoms with E-state index in [1.54, 1.807) is 6.92 Å². The molecule has 0 aromatic heterocycles. The van der Waals surface area contributed by atoms with Gasteiger partial charge >= 0.3 is 12.0 Å². The van der Waals surface area contributed by atoms with E-state index >= 15 is 0 Å². The molecule has 0 spiro atoms. The zero-order valence-corrected chi connectivity index (χ0v) is 10.2. The smallest absolute Gasteiger partial charge is 0.326 e. The quantitative estimate of drug-likeness (QED) is 0.605. The Hall–Kier alpha value is -2.12. The molecule has 1 rings (SSSR count). The van der Waals surface area contributed by atoms with Crippen LogP contribution in [0.3, 0.4) is 0 Å². The maximum absolute atomic E-state index is 11.8. The summed E-state index contributed by atoms with van der Waals surface area (Å²) in [6.07, 6.45) is 0.248. The minimum absolute atomic E-state index is 0.133. The molecule has 1 fully saturated rings. The molecule has 2 N–H and O–H groups in total. The summed E-state index contributed by atoms with van der Waals surface area (Å²) in [5.41, 5.74) is 0. The van der Waals surface area contributed by atoms with Gasteiger partial charge < -0.3 is 15.3 Å². The summed E-state index contributed by atoms with van der Waals surface area (Å²) >= 11 is 0. The lowest BCUT2D eigenvalue weighted by molar-refractivity contribution is -0.149. The second kappa shape index (κ2) is 5.48. The van der Waals surface area contributed by atoms with Crippen molar-refractivity contribution in [2.75, 3.05) is 20.1 Å². The predicted molar refractivity (Wildman–Crippen MR) is 59.6 cm³/mol. The highest BCUT2D eigenvalue weighted by atomic mass is 16.4. The van der Waals surface area contributed by atoms with Crippen LogP contribution < -0.4 is 5.32 Å². The monoisotopic (exact) mass is 257 g/mol. The number of carbonyl (C=O) groups excluding carboxylic acids is 3. The third-order valence-corrected chi connectivity index (χ3v) is 2.76. The van der Waals surface area contributed by atoms with Gasteiger partial charge in [-0.2, -0.15) is 0 Å². The van der Waals surface area contributed by atoms with Crippen LogP contribution in [-0.4, -0.2) is 64.9 Å². The van der Waals surface area contributed by atoms with Crippen molar-refractivity contribution in [2.24, 2.45) is 0 Å². The molecule has 0 aromatic carbocycles. The Balaban J connectivity index is 2.67. The SMILES string of the molecule is CCC(C(=O)O)N(C)C(=O)CN1C(=O)CNC1=O. The molecule has 1 aliphatic heterocycles. The number of nitrogens with one attached hydrogen (secondary N) is 1. The average molecular weight is 257 g/mol. The molecule has 8 heteroatoms. The van der Waals surface area contributed by atoms with E-state index in [9.17, 15) is 19.2 Å². The summed E-state index contributed by atoms with van der Waals surface area (Å²) in [7, 11) is 1.34. The Kier molecular flexibility index (Phi) is 4.24. The third-order valence-electron chi connectivity index (χ3n) is 2.76. The van der Waals surface area contributed by atoms with Crippen molar-refractivity contribution in [3.8, 4) is 0 Å². The van der Waals surface area contributed by atoms with Crippen LogP contribution >= 0.6 is 0 Å². The first-order chi connectivity index (χ1) is 8.38. The lowest BCUT2D eigenvalue weighted by Gasteiger charge is -2.25. The zero-order valence-electron chi connectivity index (χ0n) is 10.2. The molecule has 8 nitrogen and oxygen atoms in total. The van der Waals surface area contributed by atoms with E-state index in [-0.39, 0.29) is 13.0 Å². The fraction of sp³-hybridized carbons (Fsp3) is 0.600. The summed E-state index contributed by atoms with van der Waals surface area (Å²) in [6.45, 7) is 1.06. The van der Waals surface area contributed by atoms with E-state index in [1.807, 2.05) is 0 Å². The van der Waals surface area contributed by atoms with E-state index in [0.717, 1.165) is 9.80 Å². The number of urea groups is 1. The normalized spacial score (nSPS) is 16.4. The van der Waals surface area contributed by atoms with Gasteiger partial charge in [0.25, 0.3) is 5.91 Å². The molecule has 1 unspecified atom stereocenters. The average Bonchev–Trinajstić information content (AvgIpc) is 2.61. The number of amides is 4. The molecule has 0 aromatic rings. The van der Waals surface area contributed by atoms with Crippen LogP contribution in [-0.2, 0) is 14.4 Å². The summed E-state index contributed by atoms with van der Waals surface area (Å²) in [4.78, 5) is 47.0. The van der Waals surface area contributed by atoms with E-state index in [0.29, 0.717) is 0 Å². The van der Waals surface area contributed by atoms with Gasteiger partial charge in [-0.05, 0) is 6.42 Å². The van der Waals surface area contributed by atoms with Crippen molar-refractivity contribution >= 4 is 23.8 Å². The Bertz CT molecular complexity index is 379. The Morgan fingerprint density at radius 2 is 2.11 bits per heavy atom. The molecule has 100 valence electrons. The van der Waals surface area contributed by atoms with Crippen molar-refractivity contribution in [2.45, 2.75) is 19.4 Å². The van der Waals surface area contributed by atoms with Crippen LogP contribution in [0.15, 0.2) is 0 Å². The predicted octanol–water partition coefficient (Wildman–Crippen LogP) is -1.14. The number of carboxylic acid groups (broad SMARTS) is 1. The lowest BCUT2D eigenvalue weighted by atomic mass is 10.2. The van der Waals surface area contributed by atoms with Crippen LogP contribution in [0.4, 0.5) is 4.79 Å². The van der Waals surface area contributed by atoms with Gasteiger partial charge in [-0.1, -0.05) is 6.92 Å². The molecule has 1 saturated heterocycles. The molecule has 4 amide bonds. The third kappa shape index (κ3) is 2.76. The number of carboxylic acids is 1. The Morgan fingerprint density at radius 1 is 1.50 bits per heavy atom. The lowest BCUT2D eigenvalue weighted by Crippen LogP contribution is -2.47. The minimum Gasteiger partial charge on any atom is -0.480 e. The van der Waals surface area contributed by atoms with E-state index in [2.05, 4.69) is 5.32 Å². The summed E-state index contributed by atoms with van der Waals surface area (Å²) in [5, 5.41) is 11.2. The maximum atomic E-state index is 11.8. The molecular weight excluding hydrogens is 242 g/mol. The maximum Gasteiger partial charge on any atom is 0.326 e. The van der Waals surface area contributed by atoms with Gasteiger partial charge in [-0.15, -0.1) is 0 Å². The molecule has 18 heavy (non-hydrogen) atoms. The van der Waals surface area contributed by atoms with Gasteiger partial charge in [0.15, 0.2) is 0 Å². The number of carbonyl (C=O) groups is 4. The van der Waals surface area contributed by atoms with Gasteiger partial charge in [0.2, 0.25) is 5.91 Å². The highest BCUT2D eigenvalue weighted by Gasteiger charge is 2.33. The minimum atomic E-state index is -1.12. The van der Waals surface area contributed by atoms with Gasteiger partial charge in [-0.3, -0.25) is 14.5 Å². The number of aliphatic carboxylic acids is 1. The highest BCUT2D eigenvalue weighted by Crippen LogP contribution is 2.05. The Morgan fingerprint density at radius 3 is 2.50 bits per heavy atom. The van der Waals surface area contributed by atoms with Crippen LogP contribution in [0.1, 0.15) is 13.3 Å². The number of likely N-dealkylation sites (N-methyl/N-ethyl adjacent to an activating group) is 1. The number of hydrogen-bond acceptors (Lipinski definition) is 4. The second-order valence-electron chi connectivity index (χ2n) is 3.91. The Labute approximate surface area is 104 Å². The van der Waals surface area contributed by atoms with E-state index in [4.69, 9.17) is 5.11 Å². The topological polar surface area (TPSA) is 107 Å². The number of nitrogens with zero attached hydrogens (tertiary/aromatic N) is 2. The van der Waals surface area contributed by atoms with Crippen molar-refractivity contribution in [1.29, 1.82) is 0 Å². The van der Waals surface area contributed by atoms with E-state index in [1.165, 1.54) is 7.05 Å². The second-order valence-corrected chi connectivity index (χ2v) is 3.91. The van der Waals surface area contributed by atoms with Gasteiger partial charge in [0, 0.05) is 7.05 Å². The largest absolute Gasteiger partial charge is 0.480 e. The van der Waals surface area contributed by atoms with Crippen molar-refractivity contribution in [3.63, 3.8) is 0 Å². The first-order valence-corrected chi connectivity index (χ1v) is 5.45. The van der Waals surface area contributed by atoms with E-state index < -0.39 is 36.4 Å². The molecule has 1 aliphatic rings. The molecule has 0 bridgehead atoms. The number of hydrogen-bond donors (Lipinski definition) is 2. The first-order valence-electron chi connectivity index (χ1n) is 5.45. The standard InChI is InChI=1S/C10H15N3O5/c1-3-6(9(16)17)12(2)8(15)5-13-7(14)4-11-10(13)18/h6H,3-5H2,1-2H3,(H,11,18)(H,16,17). The first kappa shape index (κ1) is 13.9. The van der Waals surface area contributed by atoms with Crippen LogP contribution in [0.25, 0.3) is 0 Å². The summed E-state index contributed by atoms with van der Waals surface area (Å²) in [6, 6.07) is -1.59. The summed E-state index contributed by atoms with van der Waals surface area (Å²) in [5.74, 6) is -2.20. The number of imide groups is 1. The van der Waals surface area contributed by atoms with Crippen molar-refractivity contribution < 1.29 is 24.3 Å². The molecular formula is C10H15N3O5. The van der Waals surface area contributed by atoms with Crippen LogP contribution in [0, 0.1) is 0 Å². The van der Waals surface area contributed by atoms with Crippen molar-refractivity contribution in [1.82, 2.24) is 15.1 Å². The summed E-state index contributed by atoms with van der Waals surface area (Å²) < 4.78 is 0. The molecule has 1 atom stereocenters. The fourth-order valence-corrected chi connectivity index (χ4v) is 1.65. The molecule has 0 radical (unpaired) electrons. The zero-order chi connectivity index (χ0) is 13.9. The van der Waals surface area contributed by atoms with Crippen LogP contribution in [0.2, 0.25) is 0 Å². The fourth-order valence-electron chi connectivity index (χ4n) is 1.65. The molecule has 0 saturated carbocycles. The van der Waals surface area contributed by atoms with Gasteiger partial charge in [-0.25, -0.2) is 9.59 Å². The van der Waals surface area contributed by atoms with Crippen molar-refractivity contribution in [3.05, 3.63) is 0 Å². The number of rotatable bonds is 5. The van der Waals surface area contributed by atoms with Crippen LogP contribution in [0.5, 0.6) is 0 Å².